The van der Waals surface area contributed by atoms with Crippen LogP contribution in [-0.2, 0) is 0 Å². The van der Waals surface area contributed by atoms with Crippen LogP contribution in [0.5, 0.6) is 0 Å². The van der Waals surface area contributed by atoms with Crippen molar-refractivity contribution in [3.8, 4) is 0 Å². The minimum Gasteiger partial charge on any atom is -0.388 e. The maximum absolute atomic E-state index is 10.1. The van der Waals surface area contributed by atoms with Gasteiger partial charge in [-0.3, -0.25) is 0 Å². The van der Waals surface area contributed by atoms with Gasteiger partial charge in [-0.25, -0.2) is 0 Å². The van der Waals surface area contributed by atoms with Crippen molar-refractivity contribution < 1.29 is 5.11 Å². The molecule has 2 heteroatoms. The van der Waals surface area contributed by atoms with E-state index in [1.807, 2.05) is 25.1 Å². The fourth-order valence-electron chi connectivity index (χ4n) is 1.98. The third-order valence-electron chi connectivity index (χ3n) is 3.64. The molecule has 0 aromatic heterocycles. The predicted octanol–water partition coefficient (Wildman–Crippen LogP) is 3.61. The number of benzene rings is 1. The molecule has 1 aromatic rings. The summed E-state index contributed by atoms with van der Waals surface area (Å²) in [4.78, 5) is 2.26. The SMILES string of the molecule is CC[C@@H](O)c1ccccc1N(C)C(C)C(C)C. The fraction of sp³-hybridized carbons (Fsp3) is 0.600. The van der Waals surface area contributed by atoms with Gasteiger partial charge in [0.2, 0.25) is 0 Å². The number of hydrogen-bond acceptors (Lipinski definition) is 2. The Hall–Kier alpha value is -1.02. The zero-order valence-corrected chi connectivity index (χ0v) is 11.6. The van der Waals surface area contributed by atoms with Gasteiger partial charge in [0.15, 0.2) is 0 Å². The lowest BCUT2D eigenvalue weighted by molar-refractivity contribution is 0.174. The van der Waals surface area contributed by atoms with E-state index in [-0.39, 0.29) is 6.10 Å². The van der Waals surface area contributed by atoms with E-state index in [1.54, 1.807) is 0 Å². The molecule has 1 rings (SSSR count). The number of aliphatic hydroxyl groups excluding tert-OH is 1. The molecule has 0 aliphatic carbocycles. The Morgan fingerprint density at radius 1 is 1.18 bits per heavy atom. The minimum absolute atomic E-state index is 0.368. The fourth-order valence-corrected chi connectivity index (χ4v) is 1.98. The Balaban J connectivity index is 3.04. The number of anilines is 1. The quantitative estimate of drug-likeness (QED) is 0.842. The number of aliphatic hydroxyl groups is 1. The molecule has 17 heavy (non-hydrogen) atoms. The van der Waals surface area contributed by atoms with Gasteiger partial charge in [0, 0.05) is 24.3 Å². The summed E-state index contributed by atoms with van der Waals surface area (Å²) in [6.45, 7) is 8.67. The first-order valence-corrected chi connectivity index (χ1v) is 6.48. The molecule has 0 aliphatic heterocycles. The van der Waals surface area contributed by atoms with Gasteiger partial charge >= 0.3 is 0 Å². The molecule has 0 amide bonds. The van der Waals surface area contributed by atoms with Crippen molar-refractivity contribution in [1.29, 1.82) is 0 Å². The Kier molecular flexibility index (Phi) is 5.01. The highest BCUT2D eigenvalue weighted by Gasteiger charge is 2.18. The highest BCUT2D eigenvalue weighted by molar-refractivity contribution is 5.54. The number of hydrogen-bond donors (Lipinski definition) is 1. The first kappa shape index (κ1) is 14.0. The Morgan fingerprint density at radius 3 is 2.29 bits per heavy atom. The van der Waals surface area contributed by atoms with E-state index in [0.29, 0.717) is 12.0 Å². The molecule has 2 nitrogen and oxygen atoms in total. The van der Waals surface area contributed by atoms with E-state index in [9.17, 15) is 5.11 Å². The Morgan fingerprint density at radius 2 is 1.76 bits per heavy atom. The monoisotopic (exact) mass is 235 g/mol. The first-order valence-electron chi connectivity index (χ1n) is 6.48. The summed E-state index contributed by atoms with van der Waals surface area (Å²) in [5, 5.41) is 10.1. The van der Waals surface area contributed by atoms with Crippen LogP contribution >= 0.6 is 0 Å². The summed E-state index contributed by atoms with van der Waals surface area (Å²) in [5.74, 6) is 0.590. The normalized spacial score (nSPS) is 14.8. The summed E-state index contributed by atoms with van der Waals surface area (Å²) in [6, 6.07) is 8.59. The molecular formula is C15H25NO. The van der Waals surface area contributed by atoms with Crippen LogP contribution in [0.25, 0.3) is 0 Å². The van der Waals surface area contributed by atoms with Gasteiger partial charge in [0.05, 0.1) is 6.10 Å². The Bertz CT molecular complexity index is 349. The molecule has 0 heterocycles. The average molecular weight is 235 g/mol. The van der Waals surface area contributed by atoms with E-state index < -0.39 is 0 Å². The number of para-hydroxylation sites is 1. The molecule has 0 spiro atoms. The second kappa shape index (κ2) is 6.06. The van der Waals surface area contributed by atoms with E-state index in [1.165, 1.54) is 0 Å². The molecule has 0 saturated heterocycles. The largest absolute Gasteiger partial charge is 0.388 e. The van der Waals surface area contributed by atoms with Crippen molar-refractivity contribution in [3.05, 3.63) is 29.8 Å². The number of rotatable bonds is 5. The smallest absolute Gasteiger partial charge is 0.0807 e. The predicted molar refractivity (Wildman–Crippen MR) is 74.4 cm³/mol. The summed E-state index contributed by atoms with van der Waals surface area (Å²) in [6.07, 6.45) is 0.383. The molecular weight excluding hydrogens is 210 g/mol. The van der Waals surface area contributed by atoms with Gasteiger partial charge in [-0.05, 0) is 25.3 Å². The van der Waals surface area contributed by atoms with Gasteiger partial charge in [0.25, 0.3) is 0 Å². The van der Waals surface area contributed by atoms with Crippen molar-refractivity contribution in [2.75, 3.05) is 11.9 Å². The van der Waals surface area contributed by atoms with Crippen molar-refractivity contribution in [2.45, 2.75) is 46.3 Å². The van der Waals surface area contributed by atoms with Gasteiger partial charge in [0.1, 0.15) is 0 Å². The van der Waals surface area contributed by atoms with Crippen LogP contribution in [0.1, 0.15) is 45.8 Å². The van der Waals surface area contributed by atoms with Crippen molar-refractivity contribution >= 4 is 5.69 Å². The third-order valence-corrected chi connectivity index (χ3v) is 3.64. The van der Waals surface area contributed by atoms with Crippen LogP contribution in [-0.4, -0.2) is 18.2 Å². The summed E-state index contributed by atoms with van der Waals surface area (Å²) in [7, 11) is 2.10. The highest BCUT2D eigenvalue weighted by atomic mass is 16.3. The molecule has 1 unspecified atom stereocenters. The van der Waals surface area contributed by atoms with Crippen LogP contribution in [0.15, 0.2) is 24.3 Å². The number of nitrogens with zero attached hydrogens (tertiary/aromatic N) is 1. The molecule has 2 atom stereocenters. The maximum atomic E-state index is 10.1. The van der Waals surface area contributed by atoms with Crippen molar-refractivity contribution in [3.63, 3.8) is 0 Å². The third kappa shape index (κ3) is 3.22. The zero-order valence-electron chi connectivity index (χ0n) is 11.6. The van der Waals surface area contributed by atoms with E-state index in [0.717, 1.165) is 17.7 Å². The van der Waals surface area contributed by atoms with Crippen molar-refractivity contribution in [2.24, 2.45) is 5.92 Å². The summed E-state index contributed by atoms with van der Waals surface area (Å²) < 4.78 is 0. The van der Waals surface area contributed by atoms with Gasteiger partial charge in [-0.1, -0.05) is 39.0 Å². The molecule has 0 bridgehead atoms. The van der Waals surface area contributed by atoms with Crippen LogP contribution in [0.2, 0.25) is 0 Å². The molecule has 0 radical (unpaired) electrons. The molecule has 1 N–H and O–H groups in total. The second-order valence-corrected chi connectivity index (χ2v) is 5.08. The van der Waals surface area contributed by atoms with E-state index >= 15 is 0 Å². The standard InChI is InChI=1S/C15H25NO/c1-6-15(17)13-9-7-8-10-14(13)16(5)12(4)11(2)3/h7-12,15,17H,6H2,1-5H3/t12?,15-/m1/s1. The molecule has 96 valence electrons. The van der Waals surface area contributed by atoms with E-state index in [2.05, 4.69) is 38.8 Å². The lowest BCUT2D eigenvalue weighted by Gasteiger charge is -2.32. The highest BCUT2D eigenvalue weighted by Crippen LogP contribution is 2.29. The zero-order chi connectivity index (χ0) is 13.0. The average Bonchev–Trinajstić information content (AvgIpc) is 2.35. The Labute approximate surface area is 105 Å². The minimum atomic E-state index is -0.368. The van der Waals surface area contributed by atoms with Crippen LogP contribution < -0.4 is 4.90 Å². The lowest BCUT2D eigenvalue weighted by atomic mass is 10.0. The topological polar surface area (TPSA) is 23.5 Å². The van der Waals surface area contributed by atoms with E-state index in [4.69, 9.17) is 0 Å². The maximum Gasteiger partial charge on any atom is 0.0807 e. The van der Waals surface area contributed by atoms with Crippen LogP contribution in [0.4, 0.5) is 5.69 Å². The summed E-state index contributed by atoms with van der Waals surface area (Å²) >= 11 is 0. The van der Waals surface area contributed by atoms with Crippen LogP contribution in [0, 0.1) is 5.92 Å². The molecule has 0 aliphatic rings. The summed E-state index contributed by atoms with van der Waals surface area (Å²) in [5.41, 5.74) is 2.17. The molecule has 1 aromatic carbocycles. The van der Waals surface area contributed by atoms with Crippen molar-refractivity contribution in [1.82, 2.24) is 0 Å². The van der Waals surface area contributed by atoms with Gasteiger partial charge in [-0.15, -0.1) is 0 Å². The van der Waals surface area contributed by atoms with Gasteiger partial charge < -0.3 is 10.0 Å². The molecule has 0 saturated carbocycles. The first-order chi connectivity index (χ1) is 7.99. The van der Waals surface area contributed by atoms with Gasteiger partial charge in [-0.2, -0.15) is 0 Å². The molecule has 0 fully saturated rings. The lowest BCUT2D eigenvalue weighted by Crippen LogP contribution is -2.34. The second-order valence-electron chi connectivity index (χ2n) is 5.08. The van der Waals surface area contributed by atoms with Crippen LogP contribution in [0.3, 0.4) is 0 Å².